The van der Waals surface area contributed by atoms with Crippen LogP contribution in [-0.2, 0) is 12.6 Å². The third kappa shape index (κ3) is 2.19. The molecule has 0 fully saturated rings. The SMILES string of the molecule is Cc1cnccc1C1=Nc2cc(C(F)(F)F)ccc2C1. The molecule has 0 N–H and O–H groups in total. The zero-order chi connectivity index (χ0) is 14.3. The van der Waals surface area contributed by atoms with Gasteiger partial charge in [-0.1, -0.05) is 6.07 Å². The quantitative estimate of drug-likeness (QED) is 0.770. The van der Waals surface area contributed by atoms with Gasteiger partial charge in [0.25, 0.3) is 0 Å². The summed E-state index contributed by atoms with van der Waals surface area (Å²) in [5.41, 5.74) is 3.27. The van der Waals surface area contributed by atoms with Crippen LogP contribution in [0.3, 0.4) is 0 Å². The summed E-state index contributed by atoms with van der Waals surface area (Å²) < 4.78 is 38.1. The number of rotatable bonds is 1. The predicted octanol–water partition coefficient (Wildman–Crippen LogP) is 4.09. The van der Waals surface area contributed by atoms with Gasteiger partial charge < -0.3 is 0 Å². The van der Waals surface area contributed by atoms with E-state index in [2.05, 4.69) is 9.98 Å². The van der Waals surface area contributed by atoms with Crippen molar-refractivity contribution < 1.29 is 13.2 Å². The van der Waals surface area contributed by atoms with E-state index in [4.69, 9.17) is 0 Å². The maximum absolute atomic E-state index is 12.7. The van der Waals surface area contributed by atoms with E-state index >= 15 is 0 Å². The zero-order valence-electron chi connectivity index (χ0n) is 10.7. The van der Waals surface area contributed by atoms with Gasteiger partial charge in [-0.05, 0) is 36.2 Å². The largest absolute Gasteiger partial charge is 0.416 e. The number of hydrogen-bond acceptors (Lipinski definition) is 2. The van der Waals surface area contributed by atoms with Crippen LogP contribution in [0, 0.1) is 6.92 Å². The van der Waals surface area contributed by atoms with Crippen molar-refractivity contribution in [1.82, 2.24) is 4.98 Å². The van der Waals surface area contributed by atoms with E-state index in [0.29, 0.717) is 12.1 Å². The number of aromatic nitrogens is 1. The molecular weight excluding hydrogens is 265 g/mol. The van der Waals surface area contributed by atoms with Gasteiger partial charge >= 0.3 is 6.18 Å². The molecule has 0 unspecified atom stereocenters. The molecule has 0 radical (unpaired) electrons. The Hall–Kier alpha value is -2.17. The molecule has 20 heavy (non-hydrogen) atoms. The Balaban J connectivity index is 2.02. The summed E-state index contributed by atoms with van der Waals surface area (Å²) in [7, 11) is 0. The number of pyridine rings is 1. The topological polar surface area (TPSA) is 25.2 Å². The normalized spacial score (nSPS) is 14.1. The number of aliphatic imine (C=N–C) groups is 1. The van der Waals surface area contributed by atoms with Gasteiger partial charge in [0.2, 0.25) is 0 Å². The van der Waals surface area contributed by atoms with E-state index in [1.54, 1.807) is 12.4 Å². The summed E-state index contributed by atoms with van der Waals surface area (Å²) >= 11 is 0. The highest BCUT2D eigenvalue weighted by molar-refractivity contribution is 6.07. The van der Waals surface area contributed by atoms with Crippen LogP contribution in [-0.4, -0.2) is 10.7 Å². The Bertz CT molecular complexity index is 703. The van der Waals surface area contributed by atoms with Crippen molar-refractivity contribution in [3.63, 3.8) is 0 Å². The molecule has 2 heterocycles. The van der Waals surface area contributed by atoms with Gasteiger partial charge in [-0.3, -0.25) is 9.98 Å². The van der Waals surface area contributed by atoms with E-state index in [1.165, 1.54) is 6.07 Å². The highest BCUT2D eigenvalue weighted by atomic mass is 19.4. The molecule has 2 nitrogen and oxygen atoms in total. The Morgan fingerprint density at radius 2 is 1.95 bits per heavy atom. The fourth-order valence-corrected chi connectivity index (χ4v) is 2.31. The first-order valence-electron chi connectivity index (χ1n) is 6.14. The third-order valence-corrected chi connectivity index (χ3v) is 3.36. The Morgan fingerprint density at radius 1 is 1.15 bits per heavy atom. The van der Waals surface area contributed by atoms with Crippen molar-refractivity contribution in [3.8, 4) is 0 Å². The molecule has 2 aromatic rings. The Kier molecular flexibility index (Phi) is 2.85. The second kappa shape index (κ2) is 4.44. The minimum absolute atomic E-state index is 0.408. The molecule has 1 aromatic heterocycles. The molecule has 102 valence electrons. The zero-order valence-corrected chi connectivity index (χ0v) is 10.7. The van der Waals surface area contributed by atoms with Gasteiger partial charge in [0, 0.05) is 24.4 Å². The lowest BCUT2D eigenvalue weighted by Crippen LogP contribution is -2.04. The molecule has 0 spiro atoms. The molecule has 3 rings (SSSR count). The number of benzene rings is 1. The van der Waals surface area contributed by atoms with Crippen molar-refractivity contribution in [2.45, 2.75) is 19.5 Å². The van der Waals surface area contributed by atoms with E-state index in [9.17, 15) is 13.2 Å². The van der Waals surface area contributed by atoms with Crippen LogP contribution in [0.4, 0.5) is 18.9 Å². The van der Waals surface area contributed by atoms with Crippen molar-refractivity contribution in [2.24, 2.45) is 4.99 Å². The van der Waals surface area contributed by atoms with Crippen molar-refractivity contribution in [2.75, 3.05) is 0 Å². The van der Waals surface area contributed by atoms with Gasteiger partial charge in [-0.15, -0.1) is 0 Å². The first-order valence-corrected chi connectivity index (χ1v) is 6.14. The van der Waals surface area contributed by atoms with Crippen LogP contribution in [0.15, 0.2) is 41.7 Å². The fraction of sp³-hybridized carbons (Fsp3) is 0.200. The summed E-state index contributed by atoms with van der Waals surface area (Å²) in [5, 5.41) is 0. The summed E-state index contributed by atoms with van der Waals surface area (Å²) in [5.74, 6) is 0. The van der Waals surface area contributed by atoms with E-state index in [-0.39, 0.29) is 0 Å². The molecule has 0 aliphatic carbocycles. The van der Waals surface area contributed by atoms with Gasteiger partial charge in [0.15, 0.2) is 0 Å². The van der Waals surface area contributed by atoms with Gasteiger partial charge in [0.1, 0.15) is 0 Å². The number of alkyl halides is 3. The van der Waals surface area contributed by atoms with Crippen LogP contribution in [0.5, 0.6) is 0 Å². The molecule has 5 heteroatoms. The third-order valence-electron chi connectivity index (χ3n) is 3.36. The van der Waals surface area contributed by atoms with Crippen molar-refractivity contribution >= 4 is 11.4 Å². The molecule has 0 amide bonds. The van der Waals surface area contributed by atoms with Crippen LogP contribution in [0.1, 0.15) is 22.3 Å². The van der Waals surface area contributed by atoms with Crippen LogP contribution < -0.4 is 0 Å². The van der Waals surface area contributed by atoms with E-state index in [1.807, 2.05) is 13.0 Å². The lowest BCUT2D eigenvalue weighted by molar-refractivity contribution is -0.137. The highest BCUT2D eigenvalue weighted by Crippen LogP contribution is 2.36. The van der Waals surface area contributed by atoms with Crippen LogP contribution >= 0.6 is 0 Å². The van der Waals surface area contributed by atoms with E-state index in [0.717, 1.165) is 34.5 Å². The summed E-state index contributed by atoms with van der Waals surface area (Å²) in [6, 6.07) is 5.56. The molecule has 0 atom stereocenters. The van der Waals surface area contributed by atoms with Gasteiger partial charge in [-0.25, -0.2) is 0 Å². The number of hydrogen-bond donors (Lipinski definition) is 0. The summed E-state index contributed by atoms with van der Waals surface area (Å²) in [4.78, 5) is 8.35. The lowest BCUT2D eigenvalue weighted by atomic mass is 10.0. The Labute approximate surface area is 114 Å². The number of fused-ring (bicyclic) bond motifs is 1. The maximum Gasteiger partial charge on any atom is 0.416 e. The lowest BCUT2D eigenvalue weighted by Gasteiger charge is -2.07. The molecule has 1 aliphatic rings. The Morgan fingerprint density at radius 3 is 2.65 bits per heavy atom. The first kappa shape index (κ1) is 12.8. The minimum atomic E-state index is -4.33. The predicted molar refractivity (Wildman–Crippen MR) is 70.3 cm³/mol. The average molecular weight is 276 g/mol. The minimum Gasteiger partial charge on any atom is -0.264 e. The molecule has 1 aliphatic heterocycles. The molecular formula is C15H11F3N2. The molecule has 0 saturated heterocycles. The first-order chi connectivity index (χ1) is 9.45. The average Bonchev–Trinajstić information content (AvgIpc) is 2.80. The van der Waals surface area contributed by atoms with Gasteiger partial charge in [-0.2, -0.15) is 13.2 Å². The second-order valence-corrected chi connectivity index (χ2v) is 4.77. The monoisotopic (exact) mass is 276 g/mol. The van der Waals surface area contributed by atoms with Gasteiger partial charge in [0.05, 0.1) is 17.0 Å². The van der Waals surface area contributed by atoms with Crippen molar-refractivity contribution in [3.05, 3.63) is 58.9 Å². The smallest absolute Gasteiger partial charge is 0.264 e. The van der Waals surface area contributed by atoms with Crippen LogP contribution in [0.2, 0.25) is 0 Å². The fourth-order valence-electron chi connectivity index (χ4n) is 2.31. The highest BCUT2D eigenvalue weighted by Gasteiger charge is 2.31. The molecule has 0 bridgehead atoms. The van der Waals surface area contributed by atoms with E-state index < -0.39 is 11.7 Å². The summed E-state index contributed by atoms with van der Waals surface area (Å²) in [6.45, 7) is 1.91. The summed E-state index contributed by atoms with van der Waals surface area (Å²) in [6.07, 6.45) is -0.394. The van der Waals surface area contributed by atoms with Crippen molar-refractivity contribution in [1.29, 1.82) is 0 Å². The second-order valence-electron chi connectivity index (χ2n) is 4.77. The number of aryl methyl sites for hydroxylation is 1. The number of nitrogens with zero attached hydrogens (tertiary/aromatic N) is 2. The molecule has 1 aromatic carbocycles. The molecule has 0 saturated carbocycles. The number of halogens is 3. The standard InChI is InChI=1S/C15H11F3N2/c1-9-8-19-5-4-12(9)14-6-10-2-3-11(15(16,17)18)7-13(10)20-14/h2-5,7-8H,6H2,1H3. The maximum atomic E-state index is 12.7. The van der Waals surface area contributed by atoms with Crippen LogP contribution in [0.25, 0.3) is 0 Å².